The Balaban J connectivity index is 1.88. The number of hydrogen-bond donors (Lipinski definition) is 1. The molecule has 0 fully saturated rings. The highest BCUT2D eigenvalue weighted by molar-refractivity contribution is 6.32. The van der Waals surface area contributed by atoms with Crippen molar-refractivity contribution in [1.82, 2.24) is 0 Å². The lowest BCUT2D eigenvalue weighted by Crippen LogP contribution is -2.21. The highest BCUT2D eigenvalue weighted by Gasteiger charge is 2.15. The average molecular weight is 393 g/mol. The molecule has 0 radical (unpaired) electrons. The Morgan fingerprint density at radius 2 is 1.89 bits per heavy atom. The van der Waals surface area contributed by atoms with E-state index in [9.17, 15) is 19.7 Å². The quantitative estimate of drug-likeness (QED) is 0.415. The lowest BCUT2D eigenvalue weighted by molar-refractivity contribution is -0.384. The van der Waals surface area contributed by atoms with Crippen LogP contribution >= 0.6 is 11.6 Å². The predicted octanol–water partition coefficient (Wildman–Crippen LogP) is 3.83. The monoisotopic (exact) mass is 392 g/mol. The van der Waals surface area contributed by atoms with Gasteiger partial charge in [0, 0.05) is 11.8 Å². The fourth-order valence-electron chi connectivity index (χ4n) is 2.05. The molecule has 8 nitrogen and oxygen atoms in total. The van der Waals surface area contributed by atoms with Gasteiger partial charge in [-0.1, -0.05) is 18.5 Å². The molecule has 0 aliphatic heterocycles. The number of nitrogens with zero attached hydrogens (tertiary/aromatic N) is 1. The van der Waals surface area contributed by atoms with Gasteiger partial charge in [-0.05, 0) is 42.8 Å². The second kappa shape index (κ2) is 9.54. The van der Waals surface area contributed by atoms with E-state index in [1.54, 1.807) is 12.1 Å². The maximum atomic E-state index is 12.0. The second-order valence-corrected chi connectivity index (χ2v) is 5.83. The van der Waals surface area contributed by atoms with Crippen molar-refractivity contribution >= 4 is 34.9 Å². The SMILES string of the molecule is CCCOc1ccc(C(=O)OCC(=O)Nc2ccc(Cl)c([N+](=O)[O-])c2)cc1. The van der Waals surface area contributed by atoms with E-state index in [0.29, 0.717) is 12.4 Å². The maximum Gasteiger partial charge on any atom is 0.338 e. The Hall–Kier alpha value is -3.13. The van der Waals surface area contributed by atoms with Gasteiger partial charge in [0.2, 0.25) is 0 Å². The summed E-state index contributed by atoms with van der Waals surface area (Å²) in [5.41, 5.74) is 0.107. The first-order valence-electron chi connectivity index (χ1n) is 8.04. The van der Waals surface area contributed by atoms with Crippen molar-refractivity contribution in [2.24, 2.45) is 0 Å². The number of rotatable bonds is 8. The average Bonchev–Trinajstić information content (AvgIpc) is 2.66. The lowest BCUT2D eigenvalue weighted by Gasteiger charge is -2.08. The normalized spacial score (nSPS) is 10.1. The molecule has 2 aromatic rings. The zero-order valence-electron chi connectivity index (χ0n) is 14.4. The van der Waals surface area contributed by atoms with Gasteiger partial charge in [-0.25, -0.2) is 4.79 Å². The van der Waals surface area contributed by atoms with Crippen LogP contribution < -0.4 is 10.1 Å². The van der Waals surface area contributed by atoms with Gasteiger partial charge in [-0.2, -0.15) is 0 Å². The van der Waals surface area contributed by atoms with Gasteiger partial charge in [0.25, 0.3) is 11.6 Å². The van der Waals surface area contributed by atoms with E-state index in [2.05, 4.69) is 5.32 Å². The van der Waals surface area contributed by atoms with E-state index < -0.39 is 23.4 Å². The van der Waals surface area contributed by atoms with Crippen LogP contribution in [0.15, 0.2) is 42.5 Å². The molecule has 0 spiro atoms. The van der Waals surface area contributed by atoms with E-state index >= 15 is 0 Å². The van der Waals surface area contributed by atoms with Crippen LogP contribution in [0, 0.1) is 10.1 Å². The number of benzene rings is 2. The number of halogens is 1. The Kier molecular flexibility index (Phi) is 7.13. The summed E-state index contributed by atoms with van der Waals surface area (Å²) < 4.78 is 10.3. The van der Waals surface area contributed by atoms with Crippen LogP contribution in [0.5, 0.6) is 5.75 Å². The summed E-state index contributed by atoms with van der Waals surface area (Å²) in [6.45, 7) is 2.02. The van der Waals surface area contributed by atoms with E-state index in [0.717, 1.165) is 12.5 Å². The molecule has 0 aromatic heterocycles. The minimum atomic E-state index is -0.672. The molecule has 0 unspecified atom stereocenters. The Bertz CT molecular complexity index is 838. The van der Waals surface area contributed by atoms with Gasteiger partial charge in [-0.15, -0.1) is 0 Å². The molecule has 0 saturated heterocycles. The Morgan fingerprint density at radius 1 is 1.19 bits per heavy atom. The molecule has 0 atom stereocenters. The minimum Gasteiger partial charge on any atom is -0.494 e. The van der Waals surface area contributed by atoms with Crippen LogP contribution in [0.25, 0.3) is 0 Å². The molecule has 0 aliphatic rings. The third-order valence-corrected chi connectivity index (χ3v) is 3.64. The number of anilines is 1. The van der Waals surface area contributed by atoms with Crippen LogP contribution in [0.3, 0.4) is 0 Å². The van der Waals surface area contributed by atoms with Gasteiger partial charge >= 0.3 is 5.97 Å². The Morgan fingerprint density at radius 3 is 2.52 bits per heavy atom. The highest BCUT2D eigenvalue weighted by Crippen LogP contribution is 2.27. The van der Waals surface area contributed by atoms with Gasteiger partial charge in [-0.3, -0.25) is 14.9 Å². The van der Waals surface area contributed by atoms with Crippen LogP contribution in [0.2, 0.25) is 5.02 Å². The van der Waals surface area contributed by atoms with Gasteiger partial charge in [0.1, 0.15) is 10.8 Å². The summed E-state index contributed by atoms with van der Waals surface area (Å²) in [6, 6.07) is 10.2. The number of nitro groups is 1. The number of carbonyl (C=O) groups is 2. The lowest BCUT2D eigenvalue weighted by atomic mass is 10.2. The molecular formula is C18H17ClN2O6. The van der Waals surface area contributed by atoms with Crippen molar-refractivity contribution in [3.05, 3.63) is 63.2 Å². The molecular weight excluding hydrogens is 376 g/mol. The van der Waals surface area contributed by atoms with Crippen LogP contribution in [-0.2, 0) is 9.53 Å². The van der Waals surface area contributed by atoms with Gasteiger partial charge < -0.3 is 14.8 Å². The summed E-state index contributed by atoms with van der Waals surface area (Å²) in [6.07, 6.45) is 0.871. The molecule has 1 N–H and O–H groups in total. The molecule has 0 aliphatic carbocycles. The van der Waals surface area contributed by atoms with E-state index in [4.69, 9.17) is 21.1 Å². The summed E-state index contributed by atoms with van der Waals surface area (Å²) in [5, 5.41) is 13.2. The summed E-state index contributed by atoms with van der Waals surface area (Å²) in [5.74, 6) is -0.673. The van der Waals surface area contributed by atoms with Gasteiger partial charge in [0.15, 0.2) is 6.61 Å². The molecule has 0 heterocycles. The van der Waals surface area contributed by atoms with E-state index in [1.807, 2.05) is 6.92 Å². The predicted molar refractivity (Wildman–Crippen MR) is 99.2 cm³/mol. The molecule has 1 amide bonds. The first kappa shape index (κ1) is 20.2. The second-order valence-electron chi connectivity index (χ2n) is 5.42. The molecule has 142 valence electrons. The number of nitro benzene ring substituents is 1. The summed E-state index contributed by atoms with van der Waals surface area (Å²) >= 11 is 5.70. The van der Waals surface area contributed by atoms with Gasteiger partial charge in [0.05, 0.1) is 17.1 Å². The summed E-state index contributed by atoms with van der Waals surface area (Å²) in [4.78, 5) is 34.0. The molecule has 27 heavy (non-hydrogen) atoms. The van der Waals surface area contributed by atoms with Crippen molar-refractivity contribution in [3.63, 3.8) is 0 Å². The van der Waals surface area contributed by atoms with Crippen molar-refractivity contribution in [2.45, 2.75) is 13.3 Å². The van der Waals surface area contributed by atoms with Crippen LogP contribution in [0.4, 0.5) is 11.4 Å². The molecule has 0 saturated carbocycles. The third-order valence-electron chi connectivity index (χ3n) is 3.32. The number of carbonyl (C=O) groups excluding carboxylic acids is 2. The minimum absolute atomic E-state index is 0.0456. The fraction of sp³-hybridized carbons (Fsp3) is 0.222. The van der Waals surface area contributed by atoms with Crippen molar-refractivity contribution < 1.29 is 24.0 Å². The van der Waals surface area contributed by atoms with E-state index in [-0.39, 0.29) is 22.0 Å². The Labute approximate surface area is 160 Å². The molecule has 2 aromatic carbocycles. The first-order valence-corrected chi connectivity index (χ1v) is 8.42. The maximum absolute atomic E-state index is 12.0. The van der Waals surface area contributed by atoms with Crippen molar-refractivity contribution in [1.29, 1.82) is 0 Å². The molecule has 9 heteroatoms. The smallest absolute Gasteiger partial charge is 0.338 e. The zero-order valence-corrected chi connectivity index (χ0v) is 15.2. The van der Waals surface area contributed by atoms with Crippen LogP contribution in [-0.4, -0.2) is 30.0 Å². The standard InChI is InChI=1S/C18H17ClN2O6/c1-2-9-26-14-6-3-12(4-7-14)18(23)27-11-17(22)20-13-5-8-15(19)16(10-13)21(24)25/h3-8,10H,2,9,11H2,1H3,(H,20,22). The summed E-state index contributed by atoms with van der Waals surface area (Å²) in [7, 11) is 0. The molecule has 2 rings (SSSR count). The van der Waals surface area contributed by atoms with Crippen LogP contribution in [0.1, 0.15) is 23.7 Å². The number of nitrogens with one attached hydrogen (secondary N) is 1. The van der Waals surface area contributed by atoms with E-state index in [1.165, 1.54) is 24.3 Å². The fourth-order valence-corrected chi connectivity index (χ4v) is 2.24. The topological polar surface area (TPSA) is 108 Å². The third kappa shape index (κ3) is 5.96. The number of ether oxygens (including phenoxy) is 2. The number of esters is 1. The molecule has 0 bridgehead atoms. The highest BCUT2D eigenvalue weighted by atomic mass is 35.5. The number of amides is 1. The number of hydrogen-bond acceptors (Lipinski definition) is 6. The zero-order chi connectivity index (χ0) is 19.8. The van der Waals surface area contributed by atoms with Crippen molar-refractivity contribution in [2.75, 3.05) is 18.5 Å². The first-order chi connectivity index (χ1) is 12.9. The largest absolute Gasteiger partial charge is 0.494 e. The van der Waals surface area contributed by atoms with Crippen molar-refractivity contribution in [3.8, 4) is 5.75 Å².